The number of nitrogens with one attached hydrogen (secondary N) is 1. The van der Waals surface area contributed by atoms with Crippen molar-refractivity contribution >= 4 is 52.1 Å². The third kappa shape index (κ3) is 5.08. The highest BCUT2D eigenvalue weighted by Gasteiger charge is 2.18. The van der Waals surface area contributed by atoms with E-state index in [1.54, 1.807) is 24.1 Å². The van der Waals surface area contributed by atoms with E-state index < -0.39 is 4.92 Å². The molecule has 2 rings (SSSR count). The van der Waals surface area contributed by atoms with Crippen LogP contribution in [0.15, 0.2) is 36.4 Å². The summed E-state index contributed by atoms with van der Waals surface area (Å²) in [5.41, 5.74) is 1.03. The van der Waals surface area contributed by atoms with Crippen molar-refractivity contribution in [1.82, 2.24) is 4.90 Å². The van der Waals surface area contributed by atoms with E-state index in [9.17, 15) is 14.9 Å². The molecule has 1 atom stereocenters. The van der Waals surface area contributed by atoms with Crippen molar-refractivity contribution in [3.8, 4) is 0 Å². The molecule has 2 aromatic carbocycles. The number of nitrogens with zero attached hydrogens (tertiary/aromatic N) is 2. The van der Waals surface area contributed by atoms with Gasteiger partial charge >= 0.3 is 0 Å². The first-order chi connectivity index (χ1) is 12.2. The number of nitro benzene ring substituents is 1. The summed E-state index contributed by atoms with van der Waals surface area (Å²) < 4.78 is 0. The number of likely N-dealkylation sites (N-methyl/N-ethyl adjacent to an activating group) is 1. The van der Waals surface area contributed by atoms with Crippen LogP contribution in [0.2, 0.25) is 15.1 Å². The number of amides is 1. The molecule has 26 heavy (non-hydrogen) atoms. The van der Waals surface area contributed by atoms with Gasteiger partial charge in [-0.25, -0.2) is 0 Å². The van der Waals surface area contributed by atoms with Gasteiger partial charge in [0.15, 0.2) is 0 Å². The van der Waals surface area contributed by atoms with Crippen LogP contribution in [-0.2, 0) is 4.79 Å². The first-order valence-electron chi connectivity index (χ1n) is 7.58. The van der Waals surface area contributed by atoms with E-state index in [-0.39, 0.29) is 34.2 Å². The van der Waals surface area contributed by atoms with Gasteiger partial charge < -0.3 is 5.32 Å². The molecule has 0 saturated carbocycles. The van der Waals surface area contributed by atoms with Gasteiger partial charge in [-0.1, -0.05) is 46.9 Å². The van der Waals surface area contributed by atoms with E-state index in [1.807, 2.05) is 6.92 Å². The zero-order valence-electron chi connectivity index (χ0n) is 14.0. The van der Waals surface area contributed by atoms with Crippen molar-refractivity contribution in [3.63, 3.8) is 0 Å². The van der Waals surface area contributed by atoms with E-state index in [4.69, 9.17) is 34.8 Å². The lowest BCUT2D eigenvalue weighted by Crippen LogP contribution is -2.32. The van der Waals surface area contributed by atoms with Crippen molar-refractivity contribution in [3.05, 3.63) is 67.1 Å². The second-order valence-corrected chi connectivity index (χ2v) is 6.99. The number of carbonyl (C=O) groups is 1. The molecule has 0 aromatic heterocycles. The van der Waals surface area contributed by atoms with Crippen molar-refractivity contribution in [2.75, 3.05) is 18.9 Å². The smallest absolute Gasteiger partial charge is 0.269 e. The Labute approximate surface area is 165 Å². The van der Waals surface area contributed by atoms with Crippen LogP contribution in [-0.4, -0.2) is 29.3 Å². The first-order valence-corrected chi connectivity index (χ1v) is 8.71. The third-order valence-corrected chi connectivity index (χ3v) is 4.70. The summed E-state index contributed by atoms with van der Waals surface area (Å²) in [6.07, 6.45) is 0. The highest BCUT2D eigenvalue weighted by atomic mass is 35.5. The Morgan fingerprint density at radius 2 is 1.85 bits per heavy atom. The van der Waals surface area contributed by atoms with Crippen LogP contribution in [0.25, 0.3) is 0 Å². The zero-order chi connectivity index (χ0) is 19.4. The quantitative estimate of drug-likeness (QED) is 0.519. The van der Waals surface area contributed by atoms with Gasteiger partial charge in [0, 0.05) is 23.2 Å². The minimum Gasteiger partial charge on any atom is -0.322 e. The van der Waals surface area contributed by atoms with E-state index in [0.29, 0.717) is 10.7 Å². The molecule has 0 heterocycles. The molecule has 1 amide bonds. The van der Waals surface area contributed by atoms with Crippen LogP contribution in [0, 0.1) is 10.1 Å². The molecule has 138 valence electrons. The lowest BCUT2D eigenvalue weighted by atomic mass is 10.1. The molecule has 6 nitrogen and oxygen atoms in total. The maximum Gasteiger partial charge on any atom is 0.269 e. The highest BCUT2D eigenvalue weighted by molar-refractivity contribution is 6.42. The minimum atomic E-state index is -0.451. The number of nitro groups is 1. The lowest BCUT2D eigenvalue weighted by molar-refractivity contribution is -0.384. The Morgan fingerprint density at radius 3 is 2.42 bits per heavy atom. The fraction of sp³-hybridized carbons (Fsp3) is 0.235. The van der Waals surface area contributed by atoms with Crippen LogP contribution >= 0.6 is 34.8 Å². The van der Waals surface area contributed by atoms with Gasteiger partial charge in [0.25, 0.3) is 5.69 Å². The Balaban J connectivity index is 2.07. The zero-order valence-corrected chi connectivity index (χ0v) is 16.3. The molecule has 1 N–H and O–H groups in total. The molecule has 0 aliphatic rings. The van der Waals surface area contributed by atoms with Crippen molar-refractivity contribution in [2.24, 2.45) is 0 Å². The van der Waals surface area contributed by atoms with Crippen molar-refractivity contribution in [1.29, 1.82) is 0 Å². The number of halogens is 3. The van der Waals surface area contributed by atoms with Gasteiger partial charge in [-0.15, -0.1) is 0 Å². The molecule has 2 aromatic rings. The Hall–Kier alpha value is -1.86. The monoisotopic (exact) mass is 415 g/mol. The number of rotatable bonds is 6. The predicted octanol–water partition coefficient (Wildman–Crippen LogP) is 5.19. The fourth-order valence-electron chi connectivity index (χ4n) is 2.36. The van der Waals surface area contributed by atoms with Gasteiger partial charge in [-0.05, 0) is 31.7 Å². The maximum absolute atomic E-state index is 12.3. The number of carbonyl (C=O) groups excluding carboxylic acids is 1. The minimum absolute atomic E-state index is 0.00642. The topological polar surface area (TPSA) is 75.5 Å². The number of benzene rings is 2. The molecule has 1 unspecified atom stereocenters. The summed E-state index contributed by atoms with van der Waals surface area (Å²) in [5.74, 6) is -0.323. The number of hydrogen-bond donors (Lipinski definition) is 1. The molecular formula is C17H16Cl3N3O3. The normalized spacial score (nSPS) is 12.1. The number of non-ortho nitro benzene ring substituents is 1. The summed E-state index contributed by atoms with van der Waals surface area (Å²) >= 11 is 18.0. The average Bonchev–Trinajstić information content (AvgIpc) is 2.57. The Kier molecular flexibility index (Phi) is 6.83. The third-order valence-electron chi connectivity index (χ3n) is 3.89. The molecule has 0 fully saturated rings. The molecule has 0 saturated heterocycles. The van der Waals surface area contributed by atoms with Crippen LogP contribution in [0.1, 0.15) is 18.5 Å². The summed E-state index contributed by atoms with van der Waals surface area (Å²) in [4.78, 5) is 24.5. The summed E-state index contributed by atoms with van der Waals surface area (Å²) in [6.45, 7) is 1.90. The Bertz CT molecular complexity index is 822. The van der Waals surface area contributed by atoms with Gasteiger partial charge in [-0.3, -0.25) is 19.8 Å². The number of anilines is 1. The van der Waals surface area contributed by atoms with Gasteiger partial charge in [0.05, 0.1) is 27.2 Å². The van der Waals surface area contributed by atoms with Gasteiger partial charge in [-0.2, -0.15) is 0 Å². The van der Waals surface area contributed by atoms with E-state index in [2.05, 4.69) is 5.32 Å². The van der Waals surface area contributed by atoms with Gasteiger partial charge in [0.1, 0.15) is 0 Å². The second-order valence-electron chi connectivity index (χ2n) is 5.74. The average molecular weight is 417 g/mol. The molecule has 0 spiro atoms. The van der Waals surface area contributed by atoms with E-state index in [0.717, 1.165) is 5.56 Å². The van der Waals surface area contributed by atoms with Crippen molar-refractivity contribution < 1.29 is 9.72 Å². The van der Waals surface area contributed by atoms with E-state index in [1.165, 1.54) is 24.3 Å². The predicted molar refractivity (Wildman–Crippen MR) is 104 cm³/mol. The van der Waals surface area contributed by atoms with Crippen molar-refractivity contribution in [2.45, 2.75) is 13.0 Å². The molecule has 0 aliphatic heterocycles. The van der Waals surface area contributed by atoms with Crippen LogP contribution < -0.4 is 5.32 Å². The maximum atomic E-state index is 12.3. The summed E-state index contributed by atoms with van der Waals surface area (Å²) in [5, 5.41) is 14.4. The largest absolute Gasteiger partial charge is 0.322 e. The molecule has 0 radical (unpaired) electrons. The van der Waals surface area contributed by atoms with Crippen LogP contribution in [0.4, 0.5) is 11.4 Å². The van der Waals surface area contributed by atoms with Crippen LogP contribution in [0.5, 0.6) is 0 Å². The molecule has 0 aliphatic carbocycles. The van der Waals surface area contributed by atoms with Crippen LogP contribution in [0.3, 0.4) is 0 Å². The lowest BCUT2D eigenvalue weighted by Gasteiger charge is -2.24. The second kappa shape index (κ2) is 8.68. The summed E-state index contributed by atoms with van der Waals surface area (Å²) in [7, 11) is 1.74. The fourth-order valence-corrected chi connectivity index (χ4v) is 3.27. The molecule has 9 heteroatoms. The highest BCUT2D eigenvalue weighted by Crippen LogP contribution is 2.33. The number of hydrogen-bond acceptors (Lipinski definition) is 4. The Morgan fingerprint density at radius 1 is 1.23 bits per heavy atom. The molecule has 0 bridgehead atoms. The SMILES string of the molecule is CC(c1cccc([N+](=O)[O-])c1)N(C)CC(=O)Nc1c(Cl)cc(Cl)cc1Cl. The summed E-state index contributed by atoms with van der Waals surface area (Å²) in [6, 6.07) is 9.07. The standard InChI is InChI=1S/C17H16Cl3N3O3/c1-10(11-4-3-5-13(6-11)23(25)26)22(2)9-16(24)21-17-14(19)7-12(18)8-15(17)20/h3-8,10H,9H2,1-2H3,(H,21,24). The molecular weight excluding hydrogens is 401 g/mol. The van der Waals surface area contributed by atoms with Gasteiger partial charge in [0.2, 0.25) is 5.91 Å². The first kappa shape index (κ1) is 20.5. The van der Waals surface area contributed by atoms with E-state index >= 15 is 0 Å².